The van der Waals surface area contributed by atoms with Gasteiger partial charge in [0.1, 0.15) is 5.75 Å². The lowest BCUT2D eigenvalue weighted by Gasteiger charge is -2.03. The van der Waals surface area contributed by atoms with Crippen LogP contribution in [0.25, 0.3) is 5.69 Å². The second-order valence-corrected chi connectivity index (χ2v) is 6.38. The Morgan fingerprint density at radius 3 is 2.46 bits per heavy atom. The van der Waals surface area contributed by atoms with Gasteiger partial charge in [0, 0.05) is 17.8 Å². The molecular formula is C20H20N4O4. The van der Waals surface area contributed by atoms with Crippen molar-refractivity contribution in [2.24, 2.45) is 4.99 Å². The molecule has 144 valence electrons. The molecule has 0 radical (unpaired) electrons. The molecule has 8 nitrogen and oxygen atoms in total. The van der Waals surface area contributed by atoms with E-state index in [1.807, 2.05) is 6.92 Å². The molecule has 0 bridgehead atoms. The Morgan fingerprint density at radius 2 is 1.86 bits per heavy atom. The van der Waals surface area contributed by atoms with Crippen LogP contribution in [0.1, 0.15) is 23.7 Å². The predicted octanol–water partition coefficient (Wildman–Crippen LogP) is 3.84. The Labute approximate surface area is 161 Å². The van der Waals surface area contributed by atoms with E-state index in [2.05, 4.69) is 10.1 Å². The summed E-state index contributed by atoms with van der Waals surface area (Å²) in [6.07, 6.45) is 0. The summed E-state index contributed by atoms with van der Waals surface area (Å²) in [4.78, 5) is 28.0. The molecule has 2 aromatic carbocycles. The summed E-state index contributed by atoms with van der Waals surface area (Å²) in [5.41, 5.74) is 3.20. The summed E-state index contributed by atoms with van der Waals surface area (Å²) in [5.74, 6) is 0.694. The fraction of sp³-hybridized carbons (Fsp3) is 0.200. The first-order valence-corrected chi connectivity index (χ1v) is 8.58. The molecule has 1 N–H and O–H groups in total. The lowest BCUT2D eigenvalue weighted by molar-refractivity contribution is -0.384. The number of hydrogen-bond acceptors (Lipinski definition) is 5. The third-order valence-electron chi connectivity index (χ3n) is 4.46. The molecule has 1 aromatic heterocycles. The molecule has 1 heterocycles. The van der Waals surface area contributed by atoms with Gasteiger partial charge in [0.25, 0.3) is 11.2 Å². The van der Waals surface area contributed by atoms with E-state index in [-0.39, 0.29) is 11.2 Å². The number of nitro benzene ring substituents is 1. The number of non-ortho nitro benzene ring substituents is 1. The Balaban J connectivity index is 2.05. The summed E-state index contributed by atoms with van der Waals surface area (Å²) >= 11 is 0. The summed E-state index contributed by atoms with van der Waals surface area (Å²) in [6, 6.07) is 11.6. The van der Waals surface area contributed by atoms with Crippen LogP contribution >= 0.6 is 0 Å². The molecule has 0 spiro atoms. The number of rotatable bonds is 5. The number of aromatic amines is 1. The van der Waals surface area contributed by atoms with Crippen molar-refractivity contribution >= 4 is 17.1 Å². The number of H-pyrrole nitrogens is 1. The average Bonchev–Trinajstić information content (AvgIpc) is 2.97. The van der Waals surface area contributed by atoms with Crippen LogP contribution in [0.3, 0.4) is 0 Å². The molecular weight excluding hydrogens is 360 g/mol. The first-order valence-electron chi connectivity index (χ1n) is 8.58. The lowest BCUT2D eigenvalue weighted by atomic mass is 10.1. The minimum Gasteiger partial charge on any atom is -0.497 e. The zero-order chi connectivity index (χ0) is 20.4. The number of aryl methyl sites for hydroxylation is 2. The van der Waals surface area contributed by atoms with Crippen LogP contribution in [0.15, 0.2) is 52.3 Å². The Hall–Kier alpha value is -3.68. The molecule has 0 fully saturated rings. The Morgan fingerprint density at radius 1 is 1.18 bits per heavy atom. The standard InChI is InChI=1S/C20H20N4O4/c1-12-5-6-16(24(26)27)11-18(12)21-13(2)19-14(3)22-23(20(19)25)15-7-9-17(28-4)10-8-15/h5-11,22H,1-4H3. The molecule has 28 heavy (non-hydrogen) atoms. The maximum absolute atomic E-state index is 12.9. The van der Waals surface area contributed by atoms with Crippen LogP contribution in [-0.2, 0) is 0 Å². The molecule has 0 saturated carbocycles. The van der Waals surface area contributed by atoms with Crippen molar-refractivity contribution in [3.05, 3.63) is 79.8 Å². The van der Waals surface area contributed by atoms with Gasteiger partial charge < -0.3 is 4.74 Å². The molecule has 3 aromatic rings. The zero-order valence-corrected chi connectivity index (χ0v) is 16.0. The number of aromatic nitrogens is 2. The third-order valence-corrected chi connectivity index (χ3v) is 4.46. The predicted molar refractivity (Wildman–Crippen MR) is 107 cm³/mol. The van der Waals surface area contributed by atoms with Gasteiger partial charge in [0.15, 0.2) is 0 Å². The summed E-state index contributed by atoms with van der Waals surface area (Å²) < 4.78 is 6.58. The normalized spacial score (nSPS) is 11.5. The number of methoxy groups -OCH3 is 1. The highest BCUT2D eigenvalue weighted by Gasteiger charge is 2.16. The fourth-order valence-corrected chi connectivity index (χ4v) is 2.95. The molecule has 0 unspecified atom stereocenters. The van der Waals surface area contributed by atoms with Gasteiger partial charge in [0.2, 0.25) is 0 Å². The fourth-order valence-electron chi connectivity index (χ4n) is 2.95. The Kier molecular flexibility index (Phi) is 5.12. The van der Waals surface area contributed by atoms with E-state index in [0.29, 0.717) is 34.1 Å². The van der Waals surface area contributed by atoms with Crippen molar-refractivity contribution in [2.45, 2.75) is 20.8 Å². The summed E-state index contributed by atoms with van der Waals surface area (Å²) in [7, 11) is 1.58. The van der Waals surface area contributed by atoms with E-state index in [1.165, 1.54) is 16.8 Å². The van der Waals surface area contributed by atoms with Gasteiger partial charge in [-0.25, -0.2) is 4.68 Å². The van der Waals surface area contributed by atoms with Gasteiger partial charge in [0.05, 0.1) is 34.7 Å². The van der Waals surface area contributed by atoms with Crippen molar-refractivity contribution in [1.29, 1.82) is 0 Å². The number of hydrogen-bond donors (Lipinski definition) is 1. The summed E-state index contributed by atoms with van der Waals surface area (Å²) in [6.45, 7) is 5.32. The van der Waals surface area contributed by atoms with Crippen LogP contribution in [-0.4, -0.2) is 27.5 Å². The smallest absolute Gasteiger partial charge is 0.280 e. The molecule has 0 amide bonds. The quantitative estimate of drug-likeness (QED) is 0.413. The third kappa shape index (κ3) is 3.57. The van der Waals surface area contributed by atoms with E-state index in [4.69, 9.17) is 4.74 Å². The van der Waals surface area contributed by atoms with Gasteiger partial charge in [-0.05, 0) is 50.6 Å². The van der Waals surface area contributed by atoms with Crippen molar-refractivity contribution in [1.82, 2.24) is 9.78 Å². The van der Waals surface area contributed by atoms with Crippen molar-refractivity contribution in [2.75, 3.05) is 7.11 Å². The number of benzene rings is 2. The van der Waals surface area contributed by atoms with E-state index >= 15 is 0 Å². The van der Waals surface area contributed by atoms with Crippen LogP contribution in [0.4, 0.5) is 11.4 Å². The highest BCUT2D eigenvalue weighted by Crippen LogP contribution is 2.25. The van der Waals surface area contributed by atoms with Gasteiger partial charge in [-0.3, -0.25) is 25.0 Å². The highest BCUT2D eigenvalue weighted by atomic mass is 16.6. The number of nitro groups is 1. The molecule has 0 saturated heterocycles. The first kappa shape index (κ1) is 19.1. The minimum atomic E-state index is -0.466. The van der Waals surface area contributed by atoms with Crippen molar-refractivity contribution in [3.63, 3.8) is 0 Å². The van der Waals surface area contributed by atoms with Gasteiger partial charge in [-0.2, -0.15) is 0 Å². The molecule has 0 atom stereocenters. The molecule has 0 aliphatic carbocycles. The van der Waals surface area contributed by atoms with Crippen molar-refractivity contribution < 1.29 is 9.66 Å². The van der Waals surface area contributed by atoms with E-state index in [9.17, 15) is 14.9 Å². The minimum absolute atomic E-state index is 0.0430. The molecule has 0 aliphatic rings. The number of nitrogens with zero attached hydrogens (tertiary/aromatic N) is 3. The number of nitrogens with one attached hydrogen (secondary N) is 1. The first-order chi connectivity index (χ1) is 13.3. The van der Waals surface area contributed by atoms with E-state index in [1.54, 1.807) is 51.3 Å². The Bertz CT molecular complexity index is 1120. The second kappa shape index (κ2) is 7.51. The highest BCUT2D eigenvalue weighted by molar-refractivity contribution is 6.01. The van der Waals surface area contributed by atoms with Crippen LogP contribution < -0.4 is 10.3 Å². The molecule has 3 rings (SSSR count). The summed E-state index contributed by atoms with van der Waals surface area (Å²) in [5, 5.41) is 14.1. The molecule has 0 aliphatic heterocycles. The van der Waals surface area contributed by atoms with Crippen molar-refractivity contribution in [3.8, 4) is 11.4 Å². The van der Waals surface area contributed by atoms with E-state index < -0.39 is 4.92 Å². The topological polar surface area (TPSA) is 103 Å². The maximum atomic E-state index is 12.9. The van der Waals surface area contributed by atoms with Gasteiger partial charge in [-0.1, -0.05) is 6.07 Å². The van der Waals surface area contributed by atoms with Crippen LogP contribution in [0.5, 0.6) is 5.75 Å². The zero-order valence-electron chi connectivity index (χ0n) is 16.0. The number of aliphatic imine (C=N–C) groups is 1. The maximum Gasteiger partial charge on any atom is 0.280 e. The van der Waals surface area contributed by atoms with Crippen LogP contribution in [0.2, 0.25) is 0 Å². The SMILES string of the molecule is COc1ccc(-n2[nH]c(C)c(C(C)=Nc3cc([N+](=O)[O-])ccc3C)c2=O)cc1. The molecule has 8 heteroatoms. The second-order valence-electron chi connectivity index (χ2n) is 6.38. The van der Waals surface area contributed by atoms with Crippen LogP contribution in [0, 0.1) is 24.0 Å². The van der Waals surface area contributed by atoms with Gasteiger partial charge >= 0.3 is 0 Å². The monoisotopic (exact) mass is 380 g/mol. The lowest BCUT2D eigenvalue weighted by Crippen LogP contribution is -2.19. The van der Waals surface area contributed by atoms with Gasteiger partial charge in [-0.15, -0.1) is 0 Å². The average molecular weight is 380 g/mol. The van der Waals surface area contributed by atoms with E-state index in [0.717, 1.165) is 5.56 Å². The number of ether oxygens (including phenoxy) is 1. The largest absolute Gasteiger partial charge is 0.497 e.